The van der Waals surface area contributed by atoms with Gasteiger partial charge >= 0.3 is 0 Å². The maximum Gasteiger partial charge on any atom is 0.268 e. The van der Waals surface area contributed by atoms with Crippen LogP contribution in [-0.4, -0.2) is 34.5 Å². The molecular formula is C7H8N4O2S. The van der Waals surface area contributed by atoms with Crippen molar-refractivity contribution >= 4 is 15.4 Å². The Morgan fingerprint density at radius 1 is 1.36 bits per heavy atom. The Morgan fingerprint density at radius 3 is 2.71 bits per heavy atom. The summed E-state index contributed by atoms with van der Waals surface area (Å²) in [6, 6.07) is 1.69. The minimum absolute atomic E-state index is 0.136. The van der Waals surface area contributed by atoms with Gasteiger partial charge in [0.2, 0.25) is 9.84 Å². The number of rotatable bonds is 1. The van der Waals surface area contributed by atoms with Crippen LogP contribution in [-0.2, 0) is 9.84 Å². The first-order chi connectivity index (χ1) is 6.50. The van der Waals surface area contributed by atoms with Crippen LogP contribution in [0.4, 0.5) is 0 Å². The van der Waals surface area contributed by atoms with Crippen molar-refractivity contribution in [2.24, 2.45) is 0 Å². The second kappa shape index (κ2) is 2.74. The molecular weight excluding hydrogens is 204 g/mol. The zero-order chi connectivity index (χ0) is 10.3. The summed E-state index contributed by atoms with van der Waals surface area (Å²) in [5.74, 6) is 0. The number of hydrogen-bond donors (Lipinski definition) is 0. The molecule has 0 saturated heterocycles. The van der Waals surface area contributed by atoms with Crippen molar-refractivity contribution in [2.75, 3.05) is 6.26 Å². The van der Waals surface area contributed by atoms with Gasteiger partial charge in [0.05, 0.1) is 17.4 Å². The number of fused-ring (bicyclic) bond motifs is 1. The van der Waals surface area contributed by atoms with Crippen molar-refractivity contribution in [3.63, 3.8) is 0 Å². The third kappa shape index (κ3) is 1.25. The van der Waals surface area contributed by atoms with E-state index in [1.807, 2.05) is 0 Å². The highest BCUT2D eigenvalue weighted by Crippen LogP contribution is 2.10. The monoisotopic (exact) mass is 212 g/mol. The van der Waals surface area contributed by atoms with E-state index in [-0.39, 0.29) is 5.16 Å². The molecule has 0 atom stereocenters. The lowest BCUT2D eigenvalue weighted by atomic mass is 10.4. The molecule has 0 bridgehead atoms. The van der Waals surface area contributed by atoms with E-state index in [4.69, 9.17) is 0 Å². The topological polar surface area (TPSA) is 77.2 Å². The Kier molecular flexibility index (Phi) is 1.78. The molecule has 6 nitrogen and oxygen atoms in total. The summed E-state index contributed by atoms with van der Waals surface area (Å²) in [6.07, 6.45) is 2.59. The van der Waals surface area contributed by atoms with E-state index < -0.39 is 9.84 Å². The zero-order valence-corrected chi connectivity index (χ0v) is 8.48. The number of aromatic nitrogens is 4. The average molecular weight is 212 g/mol. The fraction of sp³-hybridized carbons (Fsp3) is 0.286. The summed E-state index contributed by atoms with van der Waals surface area (Å²) in [5, 5.41) is 11.1. The summed E-state index contributed by atoms with van der Waals surface area (Å²) >= 11 is 0. The van der Waals surface area contributed by atoms with Crippen LogP contribution < -0.4 is 0 Å². The second-order valence-electron chi connectivity index (χ2n) is 2.97. The molecule has 2 aromatic rings. The first-order valence-corrected chi connectivity index (χ1v) is 5.76. The largest absolute Gasteiger partial charge is 0.268 e. The van der Waals surface area contributed by atoms with Gasteiger partial charge in [0, 0.05) is 6.26 Å². The van der Waals surface area contributed by atoms with Crippen molar-refractivity contribution in [2.45, 2.75) is 12.1 Å². The molecule has 2 aromatic heterocycles. The number of sulfone groups is 1. The van der Waals surface area contributed by atoms with Crippen LogP contribution >= 0.6 is 0 Å². The van der Waals surface area contributed by atoms with Crippen LogP contribution in [0.25, 0.3) is 5.52 Å². The molecule has 0 unspecified atom stereocenters. The predicted octanol–water partition coefficient (Wildman–Crippen LogP) is -0.164. The van der Waals surface area contributed by atoms with Crippen LogP contribution in [0.5, 0.6) is 0 Å². The summed E-state index contributed by atoms with van der Waals surface area (Å²) in [6.45, 7) is 1.75. The van der Waals surface area contributed by atoms with E-state index in [1.165, 1.54) is 10.7 Å². The van der Waals surface area contributed by atoms with E-state index in [9.17, 15) is 8.42 Å². The third-order valence-corrected chi connectivity index (χ3v) is 2.73. The Bertz CT molecular complexity index is 587. The van der Waals surface area contributed by atoms with Gasteiger partial charge in [0.25, 0.3) is 5.16 Å². The molecule has 0 aliphatic heterocycles. The lowest BCUT2D eigenvalue weighted by Crippen LogP contribution is -2.11. The fourth-order valence-electron chi connectivity index (χ4n) is 1.17. The van der Waals surface area contributed by atoms with Gasteiger partial charge in [-0.05, 0) is 13.0 Å². The summed E-state index contributed by atoms with van der Waals surface area (Å²) in [5.41, 5.74) is 1.30. The normalized spacial score (nSPS) is 12.1. The molecule has 0 radical (unpaired) electrons. The van der Waals surface area contributed by atoms with Gasteiger partial charge in [-0.2, -0.15) is 10.2 Å². The van der Waals surface area contributed by atoms with Gasteiger partial charge in [-0.25, -0.2) is 12.9 Å². The van der Waals surface area contributed by atoms with E-state index in [0.717, 1.165) is 6.26 Å². The molecule has 0 fully saturated rings. The summed E-state index contributed by atoms with van der Waals surface area (Å²) in [7, 11) is -3.39. The first-order valence-electron chi connectivity index (χ1n) is 3.87. The molecule has 0 amide bonds. The molecule has 0 aliphatic rings. The lowest BCUT2D eigenvalue weighted by molar-refractivity contribution is 0.578. The molecule has 0 N–H and O–H groups in total. The van der Waals surface area contributed by atoms with Crippen molar-refractivity contribution in [1.82, 2.24) is 19.8 Å². The van der Waals surface area contributed by atoms with Gasteiger partial charge in [0.1, 0.15) is 0 Å². The van der Waals surface area contributed by atoms with E-state index in [0.29, 0.717) is 11.2 Å². The zero-order valence-electron chi connectivity index (χ0n) is 7.67. The van der Waals surface area contributed by atoms with Crippen LogP contribution in [0, 0.1) is 6.92 Å². The van der Waals surface area contributed by atoms with Crippen LogP contribution in [0.2, 0.25) is 0 Å². The molecule has 0 aromatic carbocycles. The highest BCUT2D eigenvalue weighted by molar-refractivity contribution is 7.90. The van der Waals surface area contributed by atoms with Gasteiger partial charge < -0.3 is 0 Å². The maximum absolute atomic E-state index is 11.3. The Labute approximate surface area is 80.5 Å². The van der Waals surface area contributed by atoms with Crippen LogP contribution in [0.1, 0.15) is 5.69 Å². The van der Waals surface area contributed by atoms with Crippen molar-refractivity contribution < 1.29 is 8.42 Å². The standard InChI is InChI=1S/C7H8N4O2S/c1-5-6-3-4-8-11(6)7(10-9-5)14(2,12)13/h3-4H,1-2H3. The highest BCUT2D eigenvalue weighted by atomic mass is 32.2. The molecule has 0 spiro atoms. The maximum atomic E-state index is 11.3. The highest BCUT2D eigenvalue weighted by Gasteiger charge is 2.16. The molecule has 0 aliphatic carbocycles. The Balaban J connectivity index is 2.93. The van der Waals surface area contributed by atoms with Gasteiger partial charge in [0.15, 0.2) is 0 Å². The fourth-order valence-corrected chi connectivity index (χ4v) is 1.82. The summed E-state index contributed by atoms with van der Waals surface area (Å²) in [4.78, 5) is 0. The minimum atomic E-state index is -3.39. The van der Waals surface area contributed by atoms with E-state index in [2.05, 4.69) is 15.3 Å². The van der Waals surface area contributed by atoms with Gasteiger partial charge in [-0.1, -0.05) is 0 Å². The molecule has 0 saturated carbocycles. The number of nitrogens with zero attached hydrogens (tertiary/aromatic N) is 4. The quantitative estimate of drug-likeness (QED) is 0.656. The molecule has 74 valence electrons. The molecule has 2 heterocycles. The molecule has 14 heavy (non-hydrogen) atoms. The van der Waals surface area contributed by atoms with Crippen molar-refractivity contribution in [3.05, 3.63) is 18.0 Å². The number of aryl methyl sites for hydroxylation is 1. The average Bonchev–Trinajstić information content (AvgIpc) is 2.50. The third-order valence-electron chi connectivity index (χ3n) is 1.81. The number of hydrogen-bond acceptors (Lipinski definition) is 5. The van der Waals surface area contributed by atoms with E-state index >= 15 is 0 Å². The van der Waals surface area contributed by atoms with Crippen molar-refractivity contribution in [1.29, 1.82) is 0 Å². The Hall–Kier alpha value is -1.50. The van der Waals surface area contributed by atoms with Gasteiger partial charge in [-0.3, -0.25) is 0 Å². The van der Waals surface area contributed by atoms with Crippen molar-refractivity contribution in [3.8, 4) is 0 Å². The smallest absolute Gasteiger partial charge is 0.221 e. The minimum Gasteiger partial charge on any atom is -0.221 e. The van der Waals surface area contributed by atoms with E-state index in [1.54, 1.807) is 13.0 Å². The van der Waals surface area contributed by atoms with Crippen LogP contribution in [0.15, 0.2) is 17.4 Å². The second-order valence-corrected chi connectivity index (χ2v) is 4.88. The first kappa shape index (κ1) is 9.07. The molecule has 7 heteroatoms. The van der Waals surface area contributed by atoms with Gasteiger partial charge in [-0.15, -0.1) is 5.10 Å². The lowest BCUT2D eigenvalue weighted by Gasteiger charge is -2.01. The summed E-state index contributed by atoms with van der Waals surface area (Å²) < 4.78 is 23.9. The SMILES string of the molecule is Cc1nnc(S(C)(=O)=O)n2nccc12. The van der Waals surface area contributed by atoms with Crippen LogP contribution in [0.3, 0.4) is 0 Å². The molecule has 2 rings (SSSR count). The Morgan fingerprint density at radius 2 is 2.07 bits per heavy atom. The predicted molar refractivity (Wildman–Crippen MR) is 48.6 cm³/mol.